The normalized spacial score (nSPS) is 11.2. The van der Waals surface area contributed by atoms with Gasteiger partial charge in [0.05, 0.1) is 5.97 Å². The van der Waals surface area contributed by atoms with Crippen LogP contribution < -0.4 is 28.7 Å². The van der Waals surface area contributed by atoms with Crippen LogP contribution in [0.25, 0.3) is 0 Å². The molecule has 0 spiro atoms. The van der Waals surface area contributed by atoms with Crippen LogP contribution in [0.1, 0.15) is 6.92 Å². The van der Waals surface area contributed by atoms with Gasteiger partial charge < -0.3 is 14.6 Å². The Labute approximate surface area is 88.9 Å². The van der Waals surface area contributed by atoms with Gasteiger partial charge in [-0.05, 0) is 19.1 Å². The maximum absolute atomic E-state index is 10.3. The Morgan fingerprint density at radius 2 is 1.92 bits per heavy atom. The van der Waals surface area contributed by atoms with Crippen LogP contribution in [0, 0.1) is 0 Å². The predicted octanol–water partition coefficient (Wildman–Crippen LogP) is -2.79. The average molecular weight is 172 g/mol. The maximum atomic E-state index is 10.3. The van der Waals surface area contributed by atoms with Crippen LogP contribution >= 0.6 is 0 Å². The zero-order chi connectivity index (χ0) is 8.97. The summed E-state index contributed by atoms with van der Waals surface area (Å²) in [6, 6.07) is 8.77. The molecule has 1 atom stereocenters. The molecule has 0 saturated carbocycles. The van der Waals surface area contributed by atoms with E-state index < -0.39 is 12.1 Å². The minimum Gasteiger partial charge on any atom is -0.546 e. The standard InChI is InChI=1S/C9H10O3.Li/c1-7(9(10)11)12-8-5-3-2-4-6-8;/h2-7H,1H3,(H,10,11);/q;+1/p-1. The zero-order valence-corrected chi connectivity index (χ0v) is 7.69. The van der Waals surface area contributed by atoms with Crippen molar-refractivity contribution < 1.29 is 33.5 Å². The van der Waals surface area contributed by atoms with Crippen molar-refractivity contribution in [2.75, 3.05) is 0 Å². The van der Waals surface area contributed by atoms with Crippen LogP contribution in [0.4, 0.5) is 0 Å². The van der Waals surface area contributed by atoms with Crippen LogP contribution in [-0.4, -0.2) is 12.1 Å². The molecule has 0 aromatic heterocycles. The summed E-state index contributed by atoms with van der Waals surface area (Å²) < 4.78 is 5.01. The van der Waals surface area contributed by atoms with E-state index in [4.69, 9.17) is 4.74 Å². The van der Waals surface area contributed by atoms with Crippen LogP contribution in [0.2, 0.25) is 0 Å². The molecule has 1 aromatic rings. The summed E-state index contributed by atoms with van der Waals surface area (Å²) in [4.78, 5) is 10.3. The SMILES string of the molecule is CC(Oc1ccccc1)C(=O)[O-].[Li+]. The van der Waals surface area contributed by atoms with Gasteiger partial charge >= 0.3 is 18.9 Å². The van der Waals surface area contributed by atoms with Gasteiger partial charge in [-0.15, -0.1) is 0 Å². The molecule has 0 saturated heterocycles. The maximum Gasteiger partial charge on any atom is 1.00 e. The average Bonchev–Trinajstić information content (AvgIpc) is 2.06. The number of carbonyl (C=O) groups excluding carboxylic acids is 1. The third kappa shape index (κ3) is 4.02. The van der Waals surface area contributed by atoms with Gasteiger partial charge in [-0.3, -0.25) is 0 Å². The topological polar surface area (TPSA) is 49.4 Å². The van der Waals surface area contributed by atoms with Gasteiger partial charge in [-0.1, -0.05) is 18.2 Å². The molecule has 13 heavy (non-hydrogen) atoms. The van der Waals surface area contributed by atoms with Gasteiger partial charge in [0.15, 0.2) is 0 Å². The Bertz CT molecular complexity index is 261. The van der Waals surface area contributed by atoms with Crippen molar-refractivity contribution in [3.8, 4) is 5.75 Å². The Balaban J connectivity index is 0.00000144. The summed E-state index contributed by atoms with van der Waals surface area (Å²) in [5, 5.41) is 10.3. The third-order valence-electron chi connectivity index (χ3n) is 1.39. The molecule has 3 nitrogen and oxygen atoms in total. The monoisotopic (exact) mass is 172 g/mol. The summed E-state index contributed by atoms with van der Waals surface area (Å²) in [5.41, 5.74) is 0. The molecule has 0 fully saturated rings. The van der Waals surface area contributed by atoms with Crippen molar-refractivity contribution in [3.05, 3.63) is 30.3 Å². The Morgan fingerprint density at radius 3 is 2.38 bits per heavy atom. The Morgan fingerprint density at radius 1 is 1.38 bits per heavy atom. The predicted molar refractivity (Wildman–Crippen MR) is 41.5 cm³/mol. The van der Waals surface area contributed by atoms with E-state index in [0.717, 1.165) is 0 Å². The second kappa shape index (κ2) is 5.68. The van der Waals surface area contributed by atoms with Crippen LogP contribution in [0.15, 0.2) is 30.3 Å². The van der Waals surface area contributed by atoms with Gasteiger partial charge in [0.1, 0.15) is 11.9 Å². The second-order valence-corrected chi connectivity index (χ2v) is 2.39. The molecular weight excluding hydrogens is 163 g/mol. The van der Waals surface area contributed by atoms with Crippen molar-refractivity contribution in [1.82, 2.24) is 0 Å². The molecule has 0 amide bonds. The van der Waals surface area contributed by atoms with Gasteiger partial charge in [-0.25, -0.2) is 0 Å². The van der Waals surface area contributed by atoms with Gasteiger partial charge in [0.2, 0.25) is 0 Å². The number of carbonyl (C=O) groups is 1. The number of aliphatic carboxylic acids is 1. The van der Waals surface area contributed by atoms with Crippen molar-refractivity contribution in [2.45, 2.75) is 13.0 Å². The quantitative estimate of drug-likeness (QED) is 0.463. The summed E-state index contributed by atoms with van der Waals surface area (Å²) in [5.74, 6) is -0.673. The summed E-state index contributed by atoms with van der Waals surface area (Å²) in [6.07, 6.45) is -0.910. The number of rotatable bonds is 3. The fraction of sp³-hybridized carbons (Fsp3) is 0.222. The minimum absolute atomic E-state index is 0. The molecule has 0 radical (unpaired) electrons. The van der Waals surface area contributed by atoms with E-state index >= 15 is 0 Å². The van der Waals surface area contributed by atoms with E-state index in [1.54, 1.807) is 24.3 Å². The van der Waals surface area contributed by atoms with E-state index in [1.807, 2.05) is 6.07 Å². The number of hydrogen-bond donors (Lipinski definition) is 0. The van der Waals surface area contributed by atoms with E-state index in [2.05, 4.69) is 0 Å². The summed E-state index contributed by atoms with van der Waals surface area (Å²) in [7, 11) is 0. The summed E-state index contributed by atoms with van der Waals surface area (Å²) in [6.45, 7) is 1.43. The van der Waals surface area contributed by atoms with Crippen molar-refractivity contribution >= 4 is 5.97 Å². The molecule has 0 aliphatic rings. The van der Waals surface area contributed by atoms with Crippen molar-refractivity contribution in [2.24, 2.45) is 0 Å². The van der Waals surface area contributed by atoms with E-state index in [-0.39, 0.29) is 18.9 Å². The molecule has 64 valence electrons. The van der Waals surface area contributed by atoms with Crippen molar-refractivity contribution in [3.63, 3.8) is 0 Å². The number of carboxylic acid groups (broad SMARTS) is 1. The number of carboxylic acids is 1. The molecule has 1 aromatic carbocycles. The first kappa shape index (κ1) is 12.1. The smallest absolute Gasteiger partial charge is 0.546 e. The number of para-hydroxylation sites is 1. The Kier molecular flexibility index (Phi) is 5.29. The molecule has 0 N–H and O–H groups in total. The third-order valence-corrected chi connectivity index (χ3v) is 1.39. The molecular formula is C9H9LiO3. The molecule has 4 heteroatoms. The first-order valence-corrected chi connectivity index (χ1v) is 3.62. The molecule has 0 aliphatic carbocycles. The van der Waals surface area contributed by atoms with Gasteiger partial charge in [0.25, 0.3) is 0 Å². The first-order valence-electron chi connectivity index (χ1n) is 3.62. The molecule has 0 heterocycles. The van der Waals surface area contributed by atoms with E-state index in [1.165, 1.54) is 6.92 Å². The van der Waals surface area contributed by atoms with E-state index in [0.29, 0.717) is 5.75 Å². The zero-order valence-electron chi connectivity index (χ0n) is 7.69. The summed E-state index contributed by atoms with van der Waals surface area (Å²) >= 11 is 0. The van der Waals surface area contributed by atoms with Gasteiger partial charge in [0, 0.05) is 0 Å². The molecule has 1 unspecified atom stereocenters. The largest absolute Gasteiger partial charge is 1.00 e. The van der Waals surface area contributed by atoms with Crippen molar-refractivity contribution in [1.29, 1.82) is 0 Å². The minimum atomic E-state index is -1.21. The van der Waals surface area contributed by atoms with Gasteiger partial charge in [-0.2, -0.15) is 0 Å². The number of hydrogen-bond acceptors (Lipinski definition) is 3. The Hall–Kier alpha value is -0.913. The van der Waals surface area contributed by atoms with Crippen LogP contribution in [-0.2, 0) is 4.79 Å². The number of benzene rings is 1. The first-order chi connectivity index (χ1) is 5.70. The molecule has 0 bridgehead atoms. The van der Waals surface area contributed by atoms with Crippen LogP contribution in [0.5, 0.6) is 5.75 Å². The van der Waals surface area contributed by atoms with Crippen LogP contribution in [0.3, 0.4) is 0 Å². The molecule has 1 rings (SSSR count). The molecule has 0 aliphatic heterocycles. The fourth-order valence-corrected chi connectivity index (χ4v) is 0.751. The number of ether oxygens (including phenoxy) is 1. The fourth-order valence-electron chi connectivity index (χ4n) is 0.751. The van der Waals surface area contributed by atoms with E-state index in [9.17, 15) is 9.90 Å². The second-order valence-electron chi connectivity index (χ2n) is 2.39.